The van der Waals surface area contributed by atoms with Crippen molar-refractivity contribution in [2.45, 2.75) is 40.5 Å². The lowest BCUT2D eigenvalue weighted by atomic mass is 10.1. The Labute approximate surface area is 93.8 Å². The van der Waals surface area contributed by atoms with Crippen LogP contribution in [0.1, 0.15) is 40.5 Å². The van der Waals surface area contributed by atoms with Gasteiger partial charge < -0.3 is 4.74 Å². The normalized spacial score (nSPS) is 12.9. The smallest absolute Gasteiger partial charge is 0.320 e. The van der Waals surface area contributed by atoms with Crippen LogP contribution in [0.25, 0.3) is 0 Å². The van der Waals surface area contributed by atoms with E-state index in [-0.39, 0.29) is 5.97 Å². The third kappa shape index (κ3) is 7.37. The molecule has 0 aliphatic heterocycles. The van der Waals surface area contributed by atoms with Gasteiger partial charge in [0.05, 0.1) is 13.2 Å². The van der Waals surface area contributed by atoms with Gasteiger partial charge in [-0.1, -0.05) is 27.2 Å². The number of rotatable bonds is 8. The molecule has 0 fully saturated rings. The van der Waals surface area contributed by atoms with Gasteiger partial charge in [0, 0.05) is 6.54 Å². The predicted molar refractivity (Wildman–Crippen MR) is 62.8 cm³/mol. The van der Waals surface area contributed by atoms with Crippen LogP contribution in [0.4, 0.5) is 0 Å². The van der Waals surface area contributed by atoms with Crippen LogP contribution in [0.15, 0.2) is 0 Å². The van der Waals surface area contributed by atoms with E-state index in [2.05, 4.69) is 25.7 Å². The topological polar surface area (TPSA) is 29.5 Å². The van der Waals surface area contributed by atoms with E-state index in [1.807, 2.05) is 6.92 Å². The second-order valence-corrected chi connectivity index (χ2v) is 4.03. The molecule has 1 atom stereocenters. The highest BCUT2D eigenvalue weighted by atomic mass is 16.5. The summed E-state index contributed by atoms with van der Waals surface area (Å²) in [5.41, 5.74) is 0. The van der Waals surface area contributed by atoms with Gasteiger partial charge in [0.2, 0.25) is 0 Å². The Balaban J connectivity index is 3.86. The first-order valence-electron chi connectivity index (χ1n) is 6.01. The number of nitrogens with zero attached hydrogens (tertiary/aromatic N) is 1. The molecule has 0 aromatic carbocycles. The van der Waals surface area contributed by atoms with E-state index in [1.165, 1.54) is 12.8 Å². The number of esters is 1. The van der Waals surface area contributed by atoms with Gasteiger partial charge in [-0.2, -0.15) is 0 Å². The molecule has 0 radical (unpaired) electrons. The highest BCUT2D eigenvalue weighted by Gasteiger charge is 2.12. The zero-order chi connectivity index (χ0) is 11.7. The van der Waals surface area contributed by atoms with Crippen molar-refractivity contribution in [2.24, 2.45) is 5.92 Å². The maximum Gasteiger partial charge on any atom is 0.320 e. The summed E-state index contributed by atoms with van der Waals surface area (Å²) in [6.45, 7) is 11.1. The molecule has 0 amide bonds. The quantitative estimate of drug-likeness (QED) is 0.582. The van der Waals surface area contributed by atoms with Crippen LogP contribution >= 0.6 is 0 Å². The van der Waals surface area contributed by atoms with Crippen LogP contribution in [-0.2, 0) is 9.53 Å². The molecule has 1 unspecified atom stereocenters. The number of carbonyl (C=O) groups excluding carboxylic acids is 1. The molecule has 0 saturated carbocycles. The van der Waals surface area contributed by atoms with E-state index in [4.69, 9.17) is 4.74 Å². The maximum absolute atomic E-state index is 11.3. The van der Waals surface area contributed by atoms with Crippen LogP contribution in [-0.4, -0.2) is 37.1 Å². The SMILES string of the molecule is CCCC(C)CN(CC)CC(=O)OCC. The van der Waals surface area contributed by atoms with Gasteiger partial charge >= 0.3 is 5.97 Å². The fourth-order valence-electron chi connectivity index (χ4n) is 1.72. The zero-order valence-corrected chi connectivity index (χ0v) is 10.6. The Morgan fingerprint density at radius 1 is 1.33 bits per heavy atom. The molecule has 0 aromatic rings. The summed E-state index contributed by atoms with van der Waals surface area (Å²) in [4.78, 5) is 13.4. The predicted octanol–water partition coefficient (Wildman–Crippen LogP) is 2.31. The summed E-state index contributed by atoms with van der Waals surface area (Å²) in [5.74, 6) is 0.549. The standard InChI is InChI=1S/C12H25NO2/c1-5-8-11(4)9-13(6-2)10-12(14)15-7-3/h11H,5-10H2,1-4H3. The van der Waals surface area contributed by atoms with E-state index in [1.54, 1.807) is 0 Å². The number of hydrogen-bond donors (Lipinski definition) is 0. The second-order valence-electron chi connectivity index (χ2n) is 4.03. The average molecular weight is 215 g/mol. The van der Waals surface area contributed by atoms with Gasteiger partial charge in [-0.3, -0.25) is 9.69 Å². The molecule has 90 valence electrons. The molecular formula is C12H25NO2. The minimum Gasteiger partial charge on any atom is -0.465 e. The van der Waals surface area contributed by atoms with E-state index in [0.29, 0.717) is 19.1 Å². The lowest BCUT2D eigenvalue weighted by molar-refractivity contribution is -0.144. The van der Waals surface area contributed by atoms with E-state index in [0.717, 1.165) is 13.1 Å². The van der Waals surface area contributed by atoms with Crippen molar-refractivity contribution in [1.82, 2.24) is 4.90 Å². The van der Waals surface area contributed by atoms with Gasteiger partial charge in [-0.15, -0.1) is 0 Å². The summed E-state index contributed by atoms with van der Waals surface area (Å²) >= 11 is 0. The van der Waals surface area contributed by atoms with Crippen molar-refractivity contribution in [2.75, 3.05) is 26.2 Å². The number of ether oxygens (including phenoxy) is 1. The molecule has 0 heterocycles. The van der Waals surface area contributed by atoms with Crippen molar-refractivity contribution in [3.63, 3.8) is 0 Å². The third-order valence-corrected chi connectivity index (χ3v) is 2.46. The third-order valence-electron chi connectivity index (χ3n) is 2.46. The van der Waals surface area contributed by atoms with Crippen molar-refractivity contribution >= 4 is 5.97 Å². The molecule has 3 nitrogen and oxygen atoms in total. The van der Waals surface area contributed by atoms with Crippen LogP contribution in [0.2, 0.25) is 0 Å². The Kier molecular flexibility index (Phi) is 8.38. The molecule has 0 saturated heterocycles. The lowest BCUT2D eigenvalue weighted by Crippen LogP contribution is -2.34. The molecule has 0 spiro atoms. The first-order valence-corrected chi connectivity index (χ1v) is 6.01. The Morgan fingerprint density at radius 2 is 2.00 bits per heavy atom. The summed E-state index contributed by atoms with van der Waals surface area (Å²) in [6, 6.07) is 0. The average Bonchev–Trinajstić information content (AvgIpc) is 2.17. The van der Waals surface area contributed by atoms with Gasteiger partial charge in [-0.25, -0.2) is 0 Å². The fourth-order valence-corrected chi connectivity index (χ4v) is 1.72. The lowest BCUT2D eigenvalue weighted by Gasteiger charge is -2.22. The monoisotopic (exact) mass is 215 g/mol. The largest absolute Gasteiger partial charge is 0.465 e. The van der Waals surface area contributed by atoms with Crippen LogP contribution < -0.4 is 0 Å². The number of hydrogen-bond acceptors (Lipinski definition) is 3. The number of likely N-dealkylation sites (N-methyl/N-ethyl adjacent to an activating group) is 1. The summed E-state index contributed by atoms with van der Waals surface area (Å²) in [5, 5.41) is 0. The molecular weight excluding hydrogens is 190 g/mol. The highest BCUT2D eigenvalue weighted by Crippen LogP contribution is 2.07. The molecule has 3 heteroatoms. The maximum atomic E-state index is 11.3. The molecule has 0 aliphatic carbocycles. The van der Waals surface area contributed by atoms with Gasteiger partial charge in [0.25, 0.3) is 0 Å². The van der Waals surface area contributed by atoms with E-state index < -0.39 is 0 Å². The van der Waals surface area contributed by atoms with Crippen molar-refractivity contribution < 1.29 is 9.53 Å². The Hall–Kier alpha value is -0.570. The molecule has 0 aromatic heterocycles. The van der Waals surface area contributed by atoms with Crippen molar-refractivity contribution in [3.05, 3.63) is 0 Å². The summed E-state index contributed by atoms with van der Waals surface area (Å²) in [6.07, 6.45) is 2.43. The molecule has 0 rings (SSSR count). The van der Waals surface area contributed by atoms with Gasteiger partial charge in [0.1, 0.15) is 0 Å². The first-order chi connectivity index (χ1) is 7.13. The van der Waals surface area contributed by atoms with Crippen LogP contribution in [0.3, 0.4) is 0 Å². The van der Waals surface area contributed by atoms with Crippen LogP contribution in [0, 0.1) is 5.92 Å². The minimum atomic E-state index is -0.108. The molecule has 0 bridgehead atoms. The molecule has 0 N–H and O–H groups in total. The van der Waals surface area contributed by atoms with E-state index >= 15 is 0 Å². The Morgan fingerprint density at radius 3 is 2.47 bits per heavy atom. The summed E-state index contributed by atoms with van der Waals surface area (Å²) < 4.78 is 4.94. The van der Waals surface area contributed by atoms with Crippen molar-refractivity contribution in [1.29, 1.82) is 0 Å². The zero-order valence-electron chi connectivity index (χ0n) is 10.6. The Bertz CT molecular complexity index is 171. The first kappa shape index (κ1) is 14.4. The van der Waals surface area contributed by atoms with Gasteiger partial charge in [-0.05, 0) is 25.8 Å². The molecule has 0 aliphatic rings. The summed E-state index contributed by atoms with van der Waals surface area (Å²) in [7, 11) is 0. The minimum absolute atomic E-state index is 0.108. The van der Waals surface area contributed by atoms with E-state index in [9.17, 15) is 4.79 Å². The number of carbonyl (C=O) groups is 1. The van der Waals surface area contributed by atoms with Gasteiger partial charge in [0.15, 0.2) is 0 Å². The van der Waals surface area contributed by atoms with Crippen LogP contribution in [0.5, 0.6) is 0 Å². The second kappa shape index (κ2) is 8.72. The fraction of sp³-hybridized carbons (Fsp3) is 0.917. The highest BCUT2D eigenvalue weighted by molar-refractivity contribution is 5.71. The molecule has 15 heavy (non-hydrogen) atoms. The van der Waals surface area contributed by atoms with Crippen molar-refractivity contribution in [3.8, 4) is 0 Å².